The second kappa shape index (κ2) is 4.08. The maximum atomic E-state index is 5.84. The standard InChI is InChI=1S/C9H9BrClN/c1-6(5-12)7-2-8(10)4-9(11)3-7/h2-4H,1,5,12H2. The van der Waals surface area contributed by atoms with E-state index in [1.54, 1.807) is 0 Å². The molecule has 3 heteroatoms. The Morgan fingerprint density at radius 2 is 2.17 bits per heavy atom. The largest absolute Gasteiger partial charge is 0.326 e. The summed E-state index contributed by atoms with van der Waals surface area (Å²) in [6.07, 6.45) is 0. The van der Waals surface area contributed by atoms with Crippen molar-refractivity contribution in [3.63, 3.8) is 0 Å². The van der Waals surface area contributed by atoms with Gasteiger partial charge in [0.1, 0.15) is 0 Å². The van der Waals surface area contributed by atoms with Crippen molar-refractivity contribution in [1.82, 2.24) is 0 Å². The van der Waals surface area contributed by atoms with Gasteiger partial charge < -0.3 is 5.73 Å². The van der Waals surface area contributed by atoms with Crippen LogP contribution in [0.2, 0.25) is 5.02 Å². The van der Waals surface area contributed by atoms with E-state index in [-0.39, 0.29) is 0 Å². The quantitative estimate of drug-likeness (QED) is 0.853. The van der Waals surface area contributed by atoms with Crippen molar-refractivity contribution in [3.8, 4) is 0 Å². The summed E-state index contributed by atoms with van der Waals surface area (Å²) in [7, 11) is 0. The van der Waals surface area contributed by atoms with E-state index < -0.39 is 0 Å². The summed E-state index contributed by atoms with van der Waals surface area (Å²) in [4.78, 5) is 0. The number of hydrogen-bond acceptors (Lipinski definition) is 1. The lowest BCUT2D eigenvalue weighted by Crippen LogP contribution is -2.00. The van der Waals surface area contributed by atoms with Gasteiger partial charge in [-0.3, -0.25) is 0 Å². The third-order valence-electron chi connectivity index (χ3n) is 1.52. The van der Waals surface area contributed by atoms with Crippen LogP contribution in [0.1, 0.15) is 5.56 Å². The van der Waals surface area contributed by atoms with Crippen LogP contribution in [-0.2, 0) is 0 Å². The van der Waals surface area contributed by atoms with Gasteiger partial charge in [-0.1, -0.05) is 34.1 Å². The highest BCUT2D eigenvalue weighted by Crippen LogP contribution is 2.23. The molecule has 12 heavy (non-hydrogen) atoms. The van der Waals surface area contributed by atoms with Gasteiger partial charge in [0.05, 0.1) is 0 Å². The number of benzene rings is 1. The number of rotatable bonds is 2. The highest BCUT2D eigenvalue weighted by atomic mass is 79.9. The zero-order valence-electron chi connectivity index (χ0n) is 6.48. The number of hydrogen-bond donors (Lipinski definition) is 1. The Labute approximate surface area is 85.3 Å². The molecule has 0 unspecified atom stereocenters. The molecule has 1 rings (SSSR count). The van der Waals surface area contributed by atoms with Crippen LogP contribution in [0.4, 0.5) is 0 Å². The van der Waals surface area contributed by atoms with Crippen LogP contribution in [0.5, 0.6) is 0 Å². The lowest BCUT2D eigenvalue weighted by atomic mass is 10.1. The van der Waals surface area contributed by atoms with Crippen LogP contribution in [0.3, 0.4) is 0 Å². The van der Waals surface area contributed by atoms with E-state index in [1.165, 1.54) is 0 Å². The molecule has 0 heterocycles. The number of halogens is 2. The lowest BCUT2D eigenvalue weighted by molar-refractivity contribution is 1.27. The van der Waals surface area contributed by atoms with Crippen molar-refractivity contribution in [2.75, 3.05) is 6.54 Å². The third kappa shape index (κ3) is 2.34. The Morgan fingerprint density at radius 3 is 2.67 bits per heavy atom. The van der Waals surface area contributed by atoms with Crippen LogP contribution in [0.25, 0.3) is 5.57 Å². The Kier molecular flexibility index (Phi) is 3.32. The van der Waals surface area contributed by atoms with Crippen molar-refractivity contribution >= 4 is 33.1 Å². The molecule has 1 aromatic rings. The van der Waals surface area contributed by atoms with Gasteiger partial charge >= 0.3 is 0 Å². The first kappa shape index (κ1) is 9.78. The second-order valence-corrected chi connectivity index (χ2v) is 3.82. The van der Waals surface area contributed by atoms with E-state index in [2.05, 4.69) is 22.5 Å². The van der Waals surface area contributed by atoms with Gasteiger partial charge in [-0.2, -0.15) is 0 Å². The summed E-state index contributed by atoms with van der Waals surface area (Å²) in [6, 6.07) is 5.62. The van der Waals surface area contributed by atoms with Crippen LogP contribution in [-0.4, -0.2) is 6.54 Å². The van der Waals surface area contributed by atoms with Gasteiger partial charge in [0.2, 0.25) is 0 Å². The first-order chi connectivity index (χ1) is 5.63. The third-order valence-corrected chi connectivity index (χ3v) is 2.19. The zero-order valence-corrected chi connectivity index (χ0v) is 8.82. The van der Waals surface area contributed by atoms with Crippen molar-refractivity contribution in [3.05, 3.63) is 39.8 Å². The average Bonchev–Trinajstić information content (AvgIpc) is 2.01. The molecule has 64 valence electrons. The maximum absolute atomic E-state index is 5.84. The summed E-state index contributed by atoms with van der Waals surface area (Å²) in [5, 5.41) is 0.689. The van der Waals surface area contributed by atoms with Gasteiger partial charge in [-0.05, 0) is 29.3 Å². The van der Waals surface area contributed by atoms with E-state index in [0.717, 1.165) is 15.6 Å². The minimum absolute atomic E-state index is 0.451. The zero-order chi connectivity index (χ0) is 9.14. The van der Waals surface area contributed by atoms with Crippen LogP contribution >= 0.6 is 27.5 Å². The minimum Gasteiger partial charge on any atom is -0.326 e. The minimum atomic E-state index is 0.451. The maximum Gasteiger partial charge on any atom is 0.0423 e. The Bertz CT molecular complexity index is 289. The normalized spacial score (nSPS) is 9.92. The second-order valence-electron chi connectivity index (χ2n) is 2.47. The van der Waals surface area contributed by atoms with Crippen molar-refractivity contribution in [2.24, 2.45) is 5.73 Å². The molecule has 0 amide bonds. The lowest BCUT2D eigenvalue weighted by Gasteiger charge is -2.03. The van der Waals surface area contributed by atoms with Crippen LogP contribution in [0.15, 0.2) is 29.3 Å². The summed E-state index contributed by atoms with van der Waals surface area (Å²) >= 11 is 9.18. The molecule has 0 aromatic heterocycles. The molecular formula is C9H9BrClN. The molecule has 0 fully saturated rings. The monoisotopic (exact) mass is 245 g/mol. The molecule has 0 aliphatic carbocycles. The fourth-order valence-electron chi connectivity index (χ4n) is 0.876. The molecule has 0 bridgehead atoms. The summed E-state index contributed by atoms with van der Waals surface area (Å²) in [5.74, 6) is 0. The highest BCUT2D eigenvalue weighted by molar-refractivity contribution is 9.10. The van der Waals surface area contributed by atoms with E-state index in [4.69, 9.17) is 17.3 Å². The van der Waals surface area contributed by atoms with E-state index in [0.29, 0.717) is 11.6 Å². The van der Waals surface area contributed by atoms with Gasteiger partial charge in [0.25, 0.3) is 0 Å². The SMILES string of the molecule is C=C(CN)c1cc(Cl)cc(Br)c1. The van der Waals surface area contributed by atoms with Gasteiger partial charge in [0, 0.05) is 16.0 Å². The summed E-state index contributed by atoms with van der Waals surface area (Å²) in [6.45, 7) is 4.27. The van der Waals surface area contributed by atoms with E-state index in [1.807, 2.05) is 18.2 Å². The molecule has 1 nitrogen and oxygen atoms in total. The molecule has 0 saturated carbocycles. The van der Waals surface area contributed by atoms with Gasteiger partial charge in [-0.15, -0.1) is 0 Å². The first-order valence-corrected chi connectivity index (χ1v) is 4.65. The Hall–Kier alpha value is -0.310. The molecule has 0 saturated heterocycles. The molecule has 0 aliphatic rings. The molecule has 0 aliphatic heterocycles. The predicted molar refractivity (Wildman–Crippen MR) is 57.2 cm³/mol. The van der Waals surface area contributed by atoms with E-state index >= 15 is 0 Å². The predicted octanol–water partition coefficient (Wildman–Crippen LogP) is 3.07. The molecular weight excluding hydrogens is 237 g/mol. The molecule has 2 N–H and O–H groups in total. The van der Waals surface area contributed by atoms with Crippen LogP contribution < -0.4 is 5.73 Å². The van der Waals surface area contributed by atoms with Crippen LogP contribution in [0, 0.1) is 0 Å². The van der Waals surface area contributed by atoms with Crippen molar-refractivity contribution < 1.29 is 0 Å². The number of nitrogens with two attached hydrogens (primary N) is 1. The van der Waals surface area contributed by atoms with Crippen molar-refractivity contribution in [2.45, 2.75) is 0 Å². The molecule has 1 aromatic carbocycles. The molecule has 0 radical (unpaired) electrons. The molecule has 0 atom stereocenters. The van der Waals surface area contributed by atoms with Crippen molar-refractivity contribution in [1.29, 1.82) is 0 Å². The Morgan fingerprint density at radius 1 is 1.50 bits per heavy atom. The average molecular weight is 247 g/mol. The fraction of sp³-hybridized carbons (Fsp3) is 0.111. The molecule has 0 spiro atoms. The smallest absolute Gasteiger partial charge is 0.0423 e. The Balaban J connectivity index is 3.08. The fourth-order valence-corrected chi connectivity index (χ4v) is 1.74. The highest BCUT2D eigenvalue weighted by Gasteiger charge is 1.99. The first-order valence-electron chi connectivity index (χ1n) is 3.48. The van der Waals surface area contributed by atoms with Gasteiger partial charge in [-0.25, -0.2) is 0 Å². The van der Waals surface area contributed by atoms with E-state index in [9.17, 15) is 0 Å². The summed E-state index contributed by atoms with van der Waals surface area (Å²) < 4.78 is 0.944. The topological polar surface area (TPSA) is 26.0 Å². The van der Waals surface area contributed by atoms with Gasteiger partial charge in [0.15, 0.2) is 0 Å². The summed E-state index contributed by atoms with van der Waals surface area (Å²) in [5.41, 5.74) is 7.32.